The van der Waals surface area contributed by atoms with E-state index < -0.39 is 0 Å². The van der Waals surface area contributed by atoms with Crippen molar-refractivity contribution in [1.29, 1.82) is 0 Å². The molecule has 0 bridgehead atoms. The Morgan fingerprint density at radius 2 is 1.54 bits per heavy atom. The zero-order chi connectivity index (χ0) is 20.1. The molecule has 1 N–H and O–H groups in total. The molecule has 3 heteroatoms. The van der Waals surface area contributed by atoms with Gasteiger partial charge in [0.1, 0.15) is 5.75 Å². The average molecular weight is 484 g/mol. The molecule has 0 atom stereocenters. The summed E-state index contributed by atoms with van der Waals surface area (Å²) in [7, 11) is 0. The summed E-state index contributed by atoms with van der Waals surface area (Å²) in [5, 5.41) is 9.41. The molecule has 0 spiro atoms. The Morgan fingerprint density at radius 3 is 2.14 bits per heavy atom. The van der Waals surface area contributed by atoms with E-state index in [4.69, 9.17) is 0 Å². The minimum absolute atomic E-state index is 0.0476. The summed E-state index contributed by atoms with van der Waals surface area (Å²) in [4.78, 5) is 12.8. The second kappa shape index (κ2) is 8.91. The highest BCUT2D eigenvalue weighted by atomic mass is 127. The van der Waals surface area contributed by atoms with Crippen LogP contribution in [-0.4, -0.2) is 10.9 Å². The predicted octanol–water partition coefficient (Wildman–Crippen LogP) is 6.90. The third kappa shape index (κ3) is 5.68. The van der Waals surface area contributed by atoms with E-state index in [2.05, 4.69) is 60.7 Å². The number of hydrogen-bond donors (Lipinski definition) is 1. The normalized spacial score (nSPS) is 11.4. The highest BCUT2D eigenvalue weighted by molar-refractivity contribution is 14.1. The van der Waals surface area contributed by atoms with Crippen LogP contribution >= 0.6 is 22.6 Å². The Bertz CT molecular complexity index is 941. The molecule has 3 rings (SSSR count). The third-order valence-corrected chi connectivity index (χ3v) is 5.70. The molecule has 0 amide bonds. The number of carbonyl (C=O) groups excluding carboxylic acids is 1. The number of aromatic hydroxyl groups is 1. The fraction of sp³-hybridized carbons (Fsp3) is 0.240. The first-order valence-corrected chi connectivity index (χ1v) is 10.6. The molecule has 0 aromatic heterocycles. The average Bonchev–Trinajstić information content (AvgIpc) is 2.67. The molecule has 0 aliphatic heterocycles. The Kier molecular flexibility index (Phi) is 6.55. The number of carbonyl (C=O) groups is 1. The molecule has 0 unspecified atom stereocenters. The van der Waals surface area contributed by atoms with Crippen molar-refractivity contribution in [3.05, 3.63) is 87.5 Å². The SMILES string of the molecule is CC(C)(CCc1cccc(I)c1)CC(=O)c1ccc(-c2ccc(O)cc2)cc1. The van der Waals surface area contributed by atoms with Crippen molar-refractivity contribution in [2.75, 3.05) is 0 Å². The van der Waals surface area contributed by atoms with Gasteiger partial charge in [-0.2, -0.15) is 0 Å². The van der Waals surface area contributed by atoms with Gasteiger partial charge in [-0.05, 0) is 81.8 Å². The van der Waals surface area contributed by atoms with Crippen LogP contribution in [0.1, 0.15) is 42.6 Å². The van der Waals surface area contributed by atoms with E-state index in [1.54, 1.807) is 12.1 Å². The second-order valence-corrected chi connectivity index (χ2v) is 9.26. The molecule has 0 heterocycles. The van der Waals surface area contributed by atoms with E-state index in [-0.39, 0.29) is 16.9 Å². The molecule has 144 valence electrons. The smallest absolute Gasteiger partial charge is 0.163 e. The van der Waals surface area contributed by atoms with Gasteiger partial charge in [0.2, 0.25) is 0 Å². The van der Waals surface area contributed by atoms with Crippen molar-refractivity contribution >= 4 is 28.4 Å². The van der Waals surface area contributed by atoms with Gasteiger partial charge in [0, 0.05) is 15.6 Å². The van der Waals surface area contributed by atoms with Crippen molar-refractivity contribution in [1.82, 2.24) is 0 Å². The number of ketones is 1. The predicted molar refractivity (Wildman–Crippen MR) is 124 cm³/mol. The lowest BCUT2D eigenvalue weighted by Gasteiger charge is -2.24. The quantitative estimate of drug-likeness (QED) is 0.293. The standard InChI is InChI=1S/C25H25IO2/c1-25(2,15-14-18-4-3-5-22(26)16-18)17-24(28)21-8-6-19(7-9-21)20-10-12-23(27)13-11-20/h3-13,16,27H,14-15,17H2,1-2H3. The molecule has 0 aliphatic rings. The molecule has 28 heavy (non-hydrogen) atoms. The number of Topliss-reactive ketones (excluding diaryl/α,β-unsaturated/α-hetero) is 1. The van der Waals surface area contributed by atoms with E-state index >= 15 is 0 Å². The summed E-state index contributed by atoms with van der Waals surface area (Å²) in [6.45, 7) is 4.34. The van der Waals surface area contributed by atoms with E-state index in [1.807, 2.05) is 36.4 Å². The van der Waals surface area contributed by atoms with Gasteiger partial charge >= 0.3 is 0 Å². The molecular weight excluding hydrogens is 459 g/mol. The van der Waals surface area contributed by atoms with Crippen molar-refractivity contribution in [3.8, 4) is 16.9 Å². The molecule has 0 saturated heterocycles. The molecule has 0 radical (unpaired) electrons. The summed E-state index contributed by atoms with van der Waals surface area (Å²) in [6.07, 6.45) is 2.50. The van der Waals surface area contributed by atoms with Crippen molar-refractivity contribution in [2.45, 2.75) is 33.1 Å². The largest absolute Gasteiger partial charge is 0.508 e. The monoisotopic (exact) mass is 484 g/mol. The Morgan fingerprint density at radius 1 is 0.929 bits per heavy atom. The van der Waals surface area contributed by atoms with Gasteiger partial charge in [-0.25, -0.2) is 0 Å². The number of aryl methyl sites for hydroxylation is 1. The van der Waals surface area contributed by atoms with Gasteiger partial charge in [0.15, 0.2) is 5.78 Å². The fourth-order valence-electron chi connectivity index (χ4n) is 3.30. The van der Waals surface area contributed by atoms with Gasteiger partial charge in [0.25, 0.3) is 0 Å². The maximum absolute atomic E-state index is 12.8. The van der Waals surface area contributed by atoms with E-state index in [0.29, 0.717) is 6.42 Å². The zero-order valence-electron chi connectivity index (χ0n) is 16.3. The van der Waals surface area contributed by atoms with Crippen molar-refractivity contribution in [2.24, 2.45) is 5.41 Å². The number of phenols is 1. The molecule has 3 aromatic carbocycles. The minimum Gasteiger partial charge on any atom is -0.508 e. The molecule has 2 nitrogen and oxygen atoms in total. The summed E-state index contributed by atoms with van der Waals surface area (Å²) in [5.41, 5.74) is 4.09. The van der Waals surface area contributed by atoms with Crippen LogP contribution in [0.3, 0.4) is 0 Å². The Hall–Kier alpha value is -2.14. The lowest BCUT2D eigenvalue weighted by Crippen LogP contribution is -2.18. The Labute approximate surface area is 180 Å². The molecule has 0 fully saturated rings. The molecular formula is C25H25IO2. The highest BCUT2D eigenvalue weighted by Crippen LogP contribution is 2.30. The first-order valence-electron chi connectivity index (χ1n) is 9.50. The number of benzene rings is 3. The first kappa shape index (κ1) is 20.6. The third-order valence-electron chi connectivity index (χ3n) is 5.03. The van der Waals surface area contributed by atoms with Crippen LogP contribution in [0.2, 0.25) is 0 Å². The minimum atomic E-state index is -0.0476. The van der Waals surface area contributed by atoms with E-state index in [9.17, 15) is 9.90 Å². The van der Waals surface area contributed by atoms with Gasteiger partial charge in [-0.1, -0.05) is 62.4 Å². The van der Waals surface area contributed by atoms with Crippen molar-refractivity contribution in [3.63, 3.8) is 0 Å². The van der Waals surface area contributed by atoms with Crippen LogP contribution in [-0.2, 0) is 6.42 Å². The van der Waals surface area contributed by atoms with Crippen LogP contribution in [0.5, 0.6) is 5.75 Å². The maximum Gasteiger partial charge on any atom is 0.163 e. The molecule has 3 aromatic rings. The summed E-state index contributed by atoms with van der Waals surface area (Å²) < 4.78 is 1.25. The van der Waals surface area contributed by atoms with Crippen LogP contribution in [0.4, 0.5) is 0 Å². The number of rotatable bonds is 7. The molecule has 0 aliphatic carbocycles. The number of halogens is 1. The second-order valence-electron chi connectivity index (χ2n) is 8.02. The number of hydrogen-bond acceptors (Lipinski definition) is 2. The van der Waals surface area contributed by atoms with E-state index in [0.717, 1.165) is 29.5 Å². The van der Waals surface area contributed by atoms with Crippen LogP contribution < -0.4 is 0 Å². The van der Waals surface area contributed by atoms with Gasteiger partial charge in [0.05, 0.1) is 0 Å². The van der Waals surface area contributed by atoms with Gasteiger partial charge < -0.3 is 5.11 Å². The topological polar surface area (TPSA) is 37.3 Å². The first-order chi connectivity index (χ1) is 13.3. The van der Waals surface area contributed by atoms with Crippen LogP contribution in [0, 0.1) is 8.99 Å². The number of phenolic OH excluding ortho intramolecular Hbond substituents is 1. The van der Waals surface area contributed by atoms with Crippen LogP contribution in [0.25, 0.3) is 11.1 Å². The lowest BCUT2D eigenvalue weighted by atomic mass is 9.80. The van der Waals surface area contributed by atoms with Gasteiger partial charge in [-0.15, -0.1) is 0 Å². The molecule has 0 saturated carbocycles. The summed E-state index contributed by atoms with van der Waals surface area (Å²) in [6, 6.07) is 23.4. The van der Waals surface area contributed by atoms with Crippen LogP contribution in [0.15, 0.2) is 72.8 Å². The summed E-state index contributed by atoms with van der Waals surface area (Å²) >= 11 is 2.34. The fourth-order valence-corrected chi connectivity index (χ4v) is 3.91. The summed E-state index contributed by atoms with van der Waals surface area (Å²) in [5.74, 6) is 0.438. The van der Waals surface area contributed by atoms with Crippen molar-refractivity contribution < 1.29 is 9.90 Å². The lowest BCUT2D eigenvalue weighted by molar-refractivity contribution is 0.0926. The Balaban J connectivity index is 1.62. The zero-order valence-corrected chi connectivity index (χ0v) is 18.4. The van der Waals surface area contributed by atoms with E-state index in [1.165, 1.54) is 9.13 Å². The van der Waals surface area contributed by atoms with Gasteiger partial charge in [-0.3, -0.25) is 4.79 Å². The highest BCUT2D eigenvalue weighted by Gasteiger charge is 2.22. The maximum atomic E-state index is 12.8.